The first-order valence-corrected chi connectivity index (χ1v) is 15.2. The Hall–Kier alpha value is -4.83. The standard InChI is InChI=1S/C36H46N4O6/c1-10-25-16-18-27(19-17-25)30(31(41)38-29(33(43)45-35(4,5)6)23-26-14-12-11-13-15-26)40(21-20-37)32(42)28(22-24(2)3)39-34(44)46-36(7,8)9/h1,11-19,24,28-30H,21-23H2,2-9H3,(H,38,41)(H,39,44). The summed E-state index contributed by atoms with van der Waals surface area (Å²) >= 11 is 0. The van der Waals surface area contributed by atoms with Crippen molar-refractivity contribution in [3.8, 4) is 18.4 Å². The number of esters is 1. The van der Waals surface area contributed by atoms with Gasteiger partial charge in [0.2, 0.25) is 11.8 Å². The zero-order valence-corrected chi connectivity index (χ0v) is 28.0. The van der Waals surface area contributed by atoms with E-state index in [1.54, 1.807) is 65.8 Å². The second-order valence-corrected chi connectivity index (χ2v) is 13.4. The Morgan fingerprint density at radius 3 is 1.96 bits per heavy atom. The number of alkyl carbamates (subject to hydrolysis) is 1. The number of hydrogen-bond acceptors (Lipinski definition) is 7. The van der Waals surface area contributed by atoms with Gasteiger partial charge in [-0.1, -0.05) is 62.2 Å². The third-order valence-electron chi connectivity index (χ3n) is 6.46. The van der Waals surface area contributed by atoms with Crippen LogP contribution in [-0.4, -0.2) is 58.6 Å². The Bertz CT molecular complexity index is 1430. The van der Waals surface area contributed by atoms with Gasteiger partial charge in [-0.2, -0.15) is 5.26 Å². The van der Waals surface area contributed by atoms with E-state index in [4.69, 9.17) is 15.9 Å². The summed E-state index contributed by atoms with van der Waals surface area (Å²) in [4.78, 5) is 55.7. The van der Waals surface area contributed by atoms with Crippen LogP contribution in [0, 0.1) is 29.6 Å². The first kappa shape index (κ1) is 37.4. The summed E-state index contributed by atoms with van der Waals surface area (Å²) in [5, 5.41) is 15.3. The molecule has 10 heteroatoms. The highest BCUT2D eigenvalue weighted by molar-refractivity contribution is 5.94. The molecule has 0 heterocycles. The summed E-state index contributed by atoms with van der Waals surface area (Å²) < 4.78 is 11.0. The molecule has 0 bridgehead atoms. The van der Waals surface area contributed by atoms with Gasteiger partial charge in [0.25, 0.3) is 0 Å². The van der Waals surface area contributed by atoms with Gasteiger partial charge in [-0.25, -0.2) is 9.59 Å². The minimum Gasteiger partial charge on any atom is -0.458 e. The summed E-state index contributed by atoms with van der Waals surface area (Å²) in [5.41, 5.74) is 0.0151. The van der Waals surface area contributed by atoms with E-state index in [1.807, 2.05) is 50.2 Å². The molecule has 0 aromatic heterocycles. The average molecular weight is 631 g/mol. The first-order valence-electron chi connectivity index (χ1n) is 15.2. The zero-order valence-electron chi connectivity index (χ0n) is 28.0. The summed E-state index contributed by atoms with van der Waals surface area (Å²) in [6, 6.07) is 13.9. The lowest BCUT2D eigenvalue weighted by Crippen LogP contribution is -2.55. The number of hydrogen-bond donors (Lipinski definition) is 2. The van der Waals surface area contributed by atoms with Crippen molar-refractivity contribution in [2.75, 3.05) is 6.54 Å². The SMILES string of the molecule is C#Cc1ccc(C(C(=O)NC(Cc2ccccc2)C(=O)OC(C)(C)C)N(CC#N)C(=O)C(CC(C)C)NC(=O)OC(C)(C)C)cc1. The minimum atomic E-state index is -1.37. The zero-order chi connectivity index (χ0) is 34.7. The molecule has 0 saturated carbocycles. The fraction of sp³-hybridized carbons (Fsp3) is 0.472. The molecule has 0 aliphatic carbocycles. The smallest absolute Gasteiger partial charge is 0.408 e. The lowest BCUT2D eigenvalue weighted by Gasteiger charge is -2.34. The number of benzene rings is 2. The van der Waals surface area contributed by atoms with Crippen molar-refractivity contribution >= 4 is 23.9 Å². The molecular formula is C36H46N4O6. The van der Waals surface area contributed by atoms with Crippen molar-refractivity contribution < 1.29 is 28.7 Å². The van der Waals surface area contributed by atoms with Crippen LogP contribution in [0.25, 0.3) is 0 Å². The van der Waals surface area contributed by atoms with Gasteiger partial charge in [-0.05, 0) is 77.1 Å². The fourth-order valence-electron chi connectivity index (χ4n) is 4.62. The molecule has 2 aromatic carbocycles. The molecule has 0 fully saturated rings. The van der Waals surface area contributed by atoms with Crippen LogP contribution in [0.1, 0.15) is 84.5 Å². The largest absolute Gasteiger partial charge is 0.458 e. The van der Waals surface area contributed by atoms with Gasteiger partial charge in [0.05, 0.1) is 6.07 Å². The highest BCUT2D eigenvalue weighted by atomic mass is 16.6. The lowest BCUT2D eigenvalue weighted by molar-refractivity contribution is -0.159. The molecule has 2 rings (SSSR count). The van der Waals surface area contributed by atoms with Gasteiger partial charge in [-0.15, -0.1) is 6.42 Å². The quantitative estimate of drug-likeness (QED) is 0.190. The average Bonchev–Trinajstić information content (AvgIpc) is 2.94. The van der Waals surface area contributed by atoms with Crippen LogP contribution in [0.5, 0.6) is 0 Å². The predicted octanol–water partition coefficient (Wildman–Crippen LogP) is 5.07. The van der Waals surface area contributed by atoms with E-state index in [0.29, 0.717) is 11.1 Å². The second kappa shape index (κ2) is 16.5. The molecule has 2 aromatic rings. The molecule has 0 spiro atoms. The maximum absolute atomic E-state index is 14.3. The third kappa shape index (κ3) is 12.3. The maximum atomic E-state index is 14.3. The van der Waals surface area contributed by atoms with Gasteiger partial charge in [0.1, 0.15) is 35.9 Å². The van der Waals surface area contributed by atoms with Crippen molar-refractivity contribution in [1.29, 1.82) is 5.26 Å². The highest BCUT2D eigenvalue weighted by Gasteiger charge is 2.38. The van der Waals surface area contributed by atoms with Gasteiger partial charge >= 0.3 is 12.1 Å². The summed E-state index contributed by atoms with van der Waals surface area (Å²) in [6.07, 6.45) is 5.07. The van der Waals surface area contributed by atoms with Crippen molar-refractivity contribution in [2.24, 2.45) is 5.92 Å². The molecule has 3 unspecified atom stereocenters. The monoisotopic (exact) mass is 630 g/mol. The van der Waals surface area contributed by atoms with Crippen molar-refractivity contribution in [1.82, 2.24) is 15.5 Å². The molecule has 0 aliphatic rings. The Morgan fingerprint density at radius 2 is 1.46 bits per heavy atom. The van der Waals surface area contributed by atoms with Crippen molar-refractivity contribution in [3.63, 3.8) is 0 Å². The molecule has 246 valence electrons. The minimum absolute atomic E-state index is 0.0440. The number of nitriles is 1. The Balaban J connectivity index is 2.61. The van der Waals surface area contributed by atoms with E-state index < -0.39 is 59.7 Å². The Labute approximate surface area is 272 Å². The number of nitrogens with one attached hydrogen (secondary N) is 2. The second-order valence-electron chi connectivity index (χ2n) is 13.4. The van der Waals surface area contributed by atoms with Crippen LogP contribution in [0.15, 0.2) is 54.6 Å². The Morgan fingerprint density at radius 1 is 0.870 bits per heavy atom. The van der Waals surface area contributed by atoms with E-state index in [9.17, 15) is 24.4 Å². The van der Waals surface area contributed by atoms with E-state index in [1.165, 1.54) is 0 Å². The molecule has 2 N–H and O–H groups in total. The molecule has 0 radical (unpaired) electrons. The number of nitrogens with zero attached hydrogens (tertiary/aromatic N) is 2. The number of carbonyl (C=O) groups excluding carboxylic acids is 4. The molecule has 3 amide bonds. The molecule has 3 atom stereocenters. The molecule has 0 saturated heterocycles. The molecule has 0 aliphatic heterocycles. The predicted molar refractivity (Wildman–Crippen MR) is 175 cm³/mol. The Kier molecular flexibility index (Phi) is 13.4. The van der Waals surface area contributed by atoms with E-state index in [-0.39, 0.29) is 18.8 Å². The van der Waals surface area contributed by atoms with Crippen LogP contribution >= 0.6 is 0 Å². The molecule has 10 nitrogen and oxygen atoms in total. The first-order chi connectivity index (χ1) is 21.4. The van der Waals surface area contributed by atoms with Gasteiger partial charge in [0.15, 0.2) is 0 Å². The van der Waals surface area contributed by atoms with Crippen LogP contribution in [0.3, 0.4) is 0 Å². The highest BCUT2D eigenvalue weighted by Crippen LogP contribution is 2.25. The summed E-state index contributed by atoms with van der Waals surface area (Å²) in [6.45, 7) is 13.5. The van der Waals surface area contributed by atoms with E-state index >= 15 is 0 Å². The van der Waals surface area contributed by atoms with Crippen molar-refractivity contribution in [3.05, 3.63) is 71.3 Å². The van der Waals surface area contributed by atoms with Crippen molar-refractivity contribution in [2.45, 2.75) is 97.6 Å². The van der Waals surface area contributed by atoms with Gasteiger partial charge in [0, 0.05) is 12.0 Å². The number of terminal acetylenes is 1. The van der Waals surface area contributed by atoms with E-state index in [0.717, 1.165) is 10.5 Å². The van der Waals surface area contributed by atoms with E-state index in [2.05, 4.69) is 16.6 Å². The van der Waals surface area contributed by atoms with Crippen LogP contribution < -0.4 is 10.6 Å². The maximum Gasteiger partial charge on any atom is 0.408 e. The number of amides is 3. The molecular weight excluding hydrogens is 584 g/mol. The normalized spacial score (nSPS) is 13.3. The van der Waals surface area contributed by atoms with Gasteiger partial charge in [-0.3, -0.25) is 9.59 Å². The molecule has 46 heavy (non-hydrogen) atoms. The number of ether oxygens (including phenoxy) is 2. The van der Waals surface area contributed by atoms with Crippen LogP contribution in [0.2, 0.25) is 0 Å². The number of carbonyl (C=O) groups is 4. The summed E-state index contributed by atoms with van der Waals surface area (Å²) in [7, 11) is 0. The topological polar surface area (TPSA) is 138 Å². The fourth-order valence-corrected chi connectivity index (χ4v) is 4.62. The van der Waals surface area contributed by atoms with Crippen LogP contribution in [-0.2, 0) is 30.3 Å². The van der Waals surface area contributed by atoms with Crippen LogP contribution in [0.4, 0.5) is 4.79 Å². The summed E-state index contributed by atoms with van der Waals surface area (Å²) in [5.74, 6) is 0.431. The third-order valence-corrected chi connectivity index (χ3v) is 6.46. The lowest BCUT2D eigenvalue weighted by atomic mass is 9.98. The number of rotatable bonds is 12. The van der Waals surface area contributed by atoms with Gasteiger partial charge < -0.3 is 25.0 Å².